The number of hydrogen-bond acceptors (Lipinski definition) is 6. The minimum absolute atomic E-state index is 0.00731. The first kappa shape index (κ1) is 16.7. The third kappa shape index (κ3) is 4.23. The summed E-state index contributed by atoms with van der Waals surface area (Å²) in [6, 6.07) is 0.372. The van der Waals surface area contributed by atoms with Crippen LogP contribution in [0.2, 0.25) is 0 Å². The van der Waals surface area contributed by atoms with E-state index in [9.17, 15) is 9.59 Å². The summed E-state index contributed by atoms with van der Waals surface area (Å²) in [7, 11) is 0. The van der Waals surface area contributed by atoms with E-state index >= 15 is 0 Å². The minimum atomic E-state index is -0.183. The van der Waals surface area contributed by atoms with Gasteiger partial charge in [0, 0.05) is 31.3 Å². The first-order valence-electron chi connectivity index (χ1n) is 8.13. The lowest BCUT2D eigenvalue weighted by molar-refractivity contribution is -0.130. The lowest BCUT2D eigenvalue weighted by Gasteiger charge is -2.23. The van der Waals surface area contributed by atoms with Gasteiger partial charge in [-0.25, -0.2) is 0 Å². The van der Waals surface area contributed by atoms with E-state index in [-0.39, 0.29) is 17.7 Å². The Balaban J connectivity index is 1.39. The number of carbonyl (C=O) groups excluding carboxylic acids is 2. The molecule has 1 N–H and O–H groups in total. The molecule has 1 aromatic rings. The number of likely N-dealkylation sites (tertiary alicyclic amines) is 1. The predicted molar refractivity (Wildman–Crippen MR) is 90.5 cm³/mol. The van der Waals surface area contributed by atoms with Crippen molar-refractivity contribution in [1.82, 2.24) is 20.4 Å². The lowest BCUT2D eigenvalue weighted by Crippen LogP contribution is -2.37. The minimum Gasteiger partial charge on any atom is -0.355 e. The molecule has 8 heteroatoms. The van der Waals surface area contributed by atoms with E-state index in [0.717, 1.165) is 27.9 Å². The molecule has 1 saturated carbocycles. The van der Waals surface area contributed by atoms with Crippen molar-refractivity contribution in [3.8, 4) is 0 Å². The summed E-state index contributed by atoms with van der Waals surface area (Å²) in [5.41, 5.74) is 0. The van der Waals surface area contributed by atoms with E-state index in [2.05, 4.69) is 15.5 Å². The average Bonchev–Trinajstić information content (AvgIpc) is 3.24. The molecule has 0 radical (unpaired) electrons. The van der Waals surface area contributed by atoms with Crippen molar-refractivity contribution in [1.29, 1.82) is 0 Å². The Kier molecular flexibility index (Phi) is 5.53. The number of amides is 2. The molecule has 1 aliphatic carbocycles. The molecular weight excluding hydrogens is 332 g/mol. The van der Waals surface area contributed by atoms with Gasteiger partial charge in [-0.05, 0) is 19.8 Å². The molecular formula is C15H22N4O2S2. The molecule has 0 spiro atoms. The smallest absolute Gasteiger partial charge is 0.225 e. The highest BCUT2D eigenvalue weighted by Gasteiger charge is 2.38. The van der Waals surface area contributed by atoms with Crippen molar-refractivity contribution in [3.05, 3.63) is 5.01 Å². The molecule has 1 aromatic heterocycles. The van der Waals surface area contributed by atoms with Crippen LogP contribution in [0.4, 0.5) is 0 Å². The van der Waals surface area contributed by atoms with Crippen LogP contribution in [0.3, 0.4) is 0 Å². The highest BCUT2D eigenvalue weighted by Crippen LogP contribution is 2.29. The van der Waals surface area contributed by atoms with Gasteiger partial charge in [-0.15, -0.1) is 10.2 Å². The van der Waals surface area contributed by atoms with Gasteiger partial charge in [0.05, 0.1) is 5.92 Å². The van der Waals surface area contributed by atoms with E-state index in [4.69, 9.17) is 0 Å². The van der Waals surface area contributed by atoms with Crippen LogP contribution in [0, 0.1) is 12.8 Å². The monoisotopic (exact) mass is 354 g/mol. The Morgan fingerprint density at radius 2 is 2.17 bits per heavy atom. The maximum atomic E-state index is 12.2. The molecule has 2 amide bonds. The van der Waals surface area contributed by atoms with Crippen LogP contribution in [0.25, 0.3) is 0 Å². The number of rotatable bonds is 6. The van der Waals surface area contributed by atoms with Crippen LogP contribution >= 0.6 is 23.1 Å². The summed E-state index contributed by atoms with van der Waals surface area (Å²) < 4.78 is 0.931. The highest BCUT2D eigenvalue weighted by molar-refractivity contribution is 8.01. The zero-order valence-corrected chi connectivity index (χ0v) is 14.9. The maximum absolute atomic E-state index is 12.2. The summed E-state index contributed by atoms with van der Waals surface area (Å²) in [6.07, 6.45) is 4.96. The third-order valence-electron chi connectivity index (χ3n) is 4.43. The van der Waals surface area contributed by atoms with E-state index in [1.165, 1.54) is 12.8 Å². The Morgan fingerprint density at radius 3 is 2.87 bits per heavy atom. The van der Waals surface area contributed by atoms with E-state index < -0.39 is 0 Å². The van der Waals surface area contributed by atoms with Crippen molar-refractivity contribution < 1.29 is 9.59 Å². The molecule has 0 bridgehead atoms. The van der Waals surface area contributed by atoms with Gasteiger partial charge in [0.2, 0.25) is 11.8 Å². The molecule has 23 heavy (non-hydrogen) atoms. The van der Waals surface area contributed by atoms with Crippen LogP contribution in [0.5, 0.6) is 0 Å². The Labute approximate surface area is 144 Å². The van der Waals surface area contributed by atoms with E-state index in [1.807, 2.05) is 11.8 Å². The standard InChI is InChI=1S/C15H22N4O2S2/c1-10-17-18-15(23-10)22-7-6-16-14(21)11-8-13(20)19(9-11)12-4-2-3-5-12/h11-12H,2-9H2,1H3,(H,16,21)/t11-/m1/s1. The largest absolute Gasteiger partial charge is 0.355 e. The fraction of sp³-hybridized carbons (Fsp3) is 0.733. The molecule has 1 saturated heterocycles. The van der Waals surface area contributed by atoms with Gasteiger partial charge in [-0.3, -0.25) is 9.59 Å². The van der Waals surface area contributed by atoms with Crippen molar-refractivity contribution in [2.75, 3.05) is 18.8 Å². The molecule has 0 unspecified atom stereocenters. The second kappa shape index (κ2) is 7.61. The van der Waals surface area contributed by atoms with Crippen molar-refractivity contribution in [3.63, 3.8) is 0 Å². The van der Waals surface area contributed by atoms with Crippen LogP contribution in [-0.4, -0.2) is 51.8 Å². The predicted octanol–water partition coefficient (Wildman–Crippen LogP) is 1.85. The Bertz CT molecular complexity index is 572. The van der Waals surface area contributed by atoms with Gasteiger partial charge in [-0.1, -0.05) is 35.9 Å². The average molecular weight is 355 g/mol. The molecule has 2 heterocycles. The maximum Gasteiger partial charge on any atom is 0.225 e. The van der Waals surface area contributed by atoms with Crippen LogP contribution in [0.15, 0.2) is 4.34 Å². The van der Waals surface area contributed by atoms with Gasteiger partial charge in [0.15, 0.2) is 4.34 Å². The van der Waals surface area contributed by atoms with Gasteiger partial charge in [-0.2, -0.15) is 0 Å². The molecule has 2 aliphatic rings. The SMILES string of the molecule is Cc1nnc(SCCNC(=O)[C@@H]2CC(=O)N(C3CCCC3)C2)s1. The molecule has 3 rings (SSSR count). The van der Waals surface area contributed by atoms with E-state index in [1.54, 1.807) is 23.1 Å². The number of nitrogens with one attached hydrogen (secondary N) is 1. The molecule has 1 aliphatic heterocycles. The zero-order valence-electron chi connectivity index (χ0n) is 13.3. The molecule has 126 valence electrons. The molecule has 1 atom stereocenters. The van der Waals surface area contributed by atoms with Crippen LogP contribution in [0.1, 0.15) is 37.1 Å². The third-order valence-corrected chi connectivity index (χ3v) is 6.40. The van der Waals surface area contributed by atoms with Crippen molar-refractivity contribution in [2.45, 2.75) is 49.4 Å². The molecule has 0 aromatic carbocycles. The number of nitrogens with zero attached hydrogens (tertiary/aromatic N) is 3. The van der Waals surface area contributed by atoms with Gasteiger partial charge in [0.25, 0.3) is 0 Å². The number of hydrogen-bond donors (Lipinski definition) is 1. The lowest BCUT2D eigenvalue weighted by atomic mass is 10.1. The molecule has 6 nitrogen and oxygen atoms in total. The Morgan fingerprint density at radius 1 is 1.39 bits per heavy atom. The van der Waals surface area contributed by atoms with Crippen molar-refractivity contribution in [2.24, 2.45) is 5.92 Å². The summed E-state index contributed by atoms with van der Waals surface area (Å²) in [5, 5.41) is 11.9. The van der Waals surface area contributed by atoms with Gasteiger partial charge in [0.1, 0.15) is 5.01 Å². The van der Waals surface area contributed by atoms with Gasteiger partial charge < -0.3 is 10.2 Å². The number of carbonyl (C=O) groups is 2. The quantitative estimate of drug-likeness (QED) is 0.623. The first-order valence-corrected chi connectivity index (χ1v) is 9.94. The number of thioether (sulfide) groups is 1. The number of aromatic nitrogens is 2. The number of aryl methyl sites for hydroxylation is 1. The van der Waals surface area contributed by atoms with Crippen molar-refractivity contribution >= 4 is 34.9 Å². The second-order valence-corrected chi connectivity index (χ2v) is 8.64. The second-order valence-electron chi connectivity index (χ2n) is 6.11. The highest BCUT2D eigenvalue weighted by atomic mass is 32.2. The van der Waals surface area contributed by atoms with Crippen LogP contribution < -0.4 is 5.32 Å². The first-order chi connectivity index (χ1) is 11.1. The Hall–Kier alpha value is -1.15. The fourth-order valence-corrected chi connectivity index (χ4v) is 5.01. The van der Waals surface area contributed by atoms with Crippen LogP contribution in [-0.2, 0) is 9.59 Å². The summed E-state index contributed by atoms with van der Waals surface area (Å²) in [5.74, 6) is 0.744. The van der Waals surface area contributed by atoms with E-state index in [0.29, 0.717) is 25.6 Å². The summed E-state index contributed by atoms with van der Waals surface area (Å²) in [4.78, 5) is 26.3. The topological polar surface area (TPSA) is 75.2 Å². The zero-order chi connectivity index (χ0) is 16.2. The normalized spacial score (nSPS) is 22.0. The summed E-state index contributed by atoms with van der Waals surface area (Å²) in [6.45, 7) is 3.12. The molecule has 2 fully saturated rings. The van der Waals surface area contributed by atoms with Gasteiger partial charge >= 0.3 is 0 Å². The summed E-state index contributed by atoms with van der Waals surface area (Å²) >= 11 is 3.16. The fourth-order valence-electron chi connectivity index (χ4n) is 3.27.